The molecule has 0 N–H and O–H groups in total. The highest BCUT2D eigenvalue weighted by Gasteiger charge is 2.61. The van der Waals surface area contributed by atoms with Gasteiger partial charge in [0.05, 0.1) is 5.92 Å². The number of Topliss-reactive ketones (excluding diaryl/α,β-unsaturated/α-hetero) is 1. The van der Waals surface area contributed by atoms with E-state index >= 15 is 0 Å². The van der Waals surface area contributed by atoms with Gasteiger partial charge in [-0.3, -0.25) is 4.79 Å². The maximum atomic E-state index is 13.7. The molecule has 2 aromatic rings. The second-order valence-corrected chi connectivity index (χ2v) is 9.83. The van der Waals surface area contributed by atoms with Crippen molar-refractivity contribution in [2.45, 2.75) is 72.0 Å². The molecule has 0 aromatic heterocycles. The van der Waals surface area contributed by atoms with E-state index in [1.54, 1.807) is 0 Å². The predicted octanol–water partition coefficient (Wildman–Crippen LogP) is 5.52. The van der Waals surface area contributed by atoms with Gasteiger partial charge in [-0.05, 0) is 94.7 Å². The molecule has 0 fully saturated rings. The lowest BCUT2D eigenvalue weighted by atomic mass is 9.61. The Kier molecular flexibility index (Phi) is 4.03. The Balaban J connectivity index is 1.68. The minimum Gasteiger partial charge on any atom is -0.482 e. The Hall–Kier alpha value is -2.55. The minimum atomic E-state index is -0.879. The largest absolute Gasteiger partial charge is 0.482 e. The summed E-state index contributed by atoms with van der Waals surface area (Å²) in [6.07, 6.45) is 4.36. The zero-order valence-electron chi connectivity index (χ0n) is 18.8. The van der Waals surface area contributed by atoms with Crippen LogP contribution in [0.3, 0.4) is 0 Å². The van der Waals surface area contributed by atoms with Crippen molar-refractivity contribution in [3.8, 4) is 11.5 Å². The van der Waals surface area contributed by atoms with E-state index in [1.807, 2.05) is 13.0 Å². The van der Waals surface area contributed by atoms with E-state index in [9.17, 15) is 4.79 Å². The smallest absolute Gasteiger partial charge is 0.202 e. The first-order valence-corrected chi connectivity index (χ1v) is 11.0. The number of carbonyl (C=O) groups is 1. The van der Waals surface area contributed by atoms with Gasteiger partial charge in [0, 0.05) is 0 Å². The van der Waals surface area contributed by atoms with Gasteiger partial charge in [0.15, 0.2) is 5.60 Å². The topological polar surface area (TPSA) is 35.5 Å². The average Bonchev–Trinajstić information content (AvgIpc) is 2.66. The maximum Gasteiger partial charge on any atom is 0.202 e. The molecule has 1 spiro atoms. The highest BCUT2D eigenvalue weighted by atomic mass is 16.5. The zero-order valence-corrected chi connectivity index (χ0v) is 18.8. The number of carbonyl (C=O) groups excluding carboxylic acids is 1. The quantitative estimate of drug-likeness (QED) is 0.582. The van der Waals surface area contributed by atoms with Crippen molar-refractivity contribution in [2.75, 3.05) is 0 Å². The number of rotatable bonds is 0. The van der Waals surface area contributed by atoms with Crippen LogP contribution >= 0.6 is 0 Å². The second-order valence-electron chi connectivity index (χ2n) is 9.83. The van der Waals surface area contributed by atoms with E-state index in [0.717, 1.165) is 41.0 Å². The SMILES string of the molecule is CC1=CC2(C)Oc3c(C)cc(C)cc3CC2C2(CCc3cc(C)cc(C)c3O2)C1=O. The standard InChI is InChI=1S/C27H30O3/c1-15-9-17(3)23-20(11-15)7-8-27(30-23)22-13-21-12-16(2)10-18(4)24(21)29-26(22,6)14-19(5)25(27)28/h9-12,14,22H,7-8,13H2,1-6H3. The van der Waals surface area contributed by atoms with Gasteiger partial charge in [0.25, 0.3) is 0 Å². The number of fused-ring (bicyclic) bond motifs is 4. The molecule has 0 radical (unpaired) electrons. The van der Waals surface area contributed by atoms with Crippen molar-refractivity contribution in [2.24, 2.45) is 5.92 Å². The first-order chi connectivity index (χ1) is 14.1. The van der Waals surface area contributed by atoms with Crippen LogP contribution in [0.1, 0.15) is 53.6 Å². The maximum absolute atomic E-state index is 13.7. The third-order valence-corrected chi connectivity index (χ3v) is 7.29. The third kappa shape index (κ3) is 2.60. The third-order valence-electron chi connectivity index (χ3n) is 7.29. The summed E-state index contributed by atoms with van der Waals surface area (Å²) in [5.74, 6) is 1.91. The molecule has 1 aliphatic carbocycles. The molecule has 156 valence electrons. The van der Waals surface area contributed by atoms with Crippen LogP contribution in [0.15, 0.2) is 35.9 Å². The lowest BCUT2D eigenvalue weighted by Gasteiger charge is -2.54. The van der Waals surface area contributed by atoms with Gasteiger partial charge in [-0.25, -0.2) is 0 Å². The number of ketones is 1. The van der Waals surface area contributed by atoms with Crippen LogP contribution < -0.4 is 9.47 Å². The van der Waals surface area contributed by atoms with Crippen LogP contribution in [-0.2, 0) is 17.6 Å². The molecule has 3 unspecified atom stereocenters. The first kappa shape index (κ1) is 19.4. The Bertz CT molecular complexity index is 1130. The van der Waals surface area contributed by atoms with E-state index in [-0.39, 0.29) is 11.7 Å². The van der Waals surface area contributed by atoms with Crippen LogP contribution in [0.2, 0.25) is 0 Å². The Labute approximate surface area is 179 Å². The Morgan fingerprint density at radius 1 is 0.867 bits per heavy atom. The zero-order chi connectivity index (χ0) is 21.4. The molecular weight excluding hydrogens is 372 g/mol. The number of hydrogen-bond acceptors (Lipinski definition) is 3. The summed E-state index contributed by atoms with van der Waals surface area (Å²) in [4.78, 5) is 13.7. The Morgan fingerprint density at radius 2 is 1.47 bits per heavy atom. The van der Waals surface area contributed by atoms with Crippen molar-refractivity contribution < 1.29 is 14.3 Å². The summed E-state index contributed by atoms with van der Waals surface area (Å²) in [7, 11) is 0. The molecule has 0 saturated carbocycles. The number of benzene rings is 2. The fourth-order valence-electron chi connectivity index (χ4n) is 6.13. The van der Waals surface area contributed by atoms with Crippen molar-refractivity contribution in [3.05, 3.63) is 69.3 Å². The summed E-state index contributed by atoms with van der Waals surface area (Å²) in [6.45, 7) is 12.5. The van der Waals surface area contributed by atoms with Crippen LogP contribution in [0.4, 0.5) is 0 Å². The van der Waals surface area contributed by atoms with E-state index < -0.39 is 11.2 Å². The van der Waals surface area contributed by atoms with Gasteiger partial charge in [-0.1, -0.05) is 35.4 Å². The lowest BCUT2D eigenvalue weighted by Crippen LogP contribution is -2.65. The fraction of sp³-hybridized carbons (Fsp3) is 0.444. The molecule has 2 aliphatic heterocycles. The van der Waals surface area contributed by atoms with Crippen LogP contribution in [0.25, 0.3) is 0 Å². The highest BCUT2D eigenvalue weighted by molar-refractivity contribution is 6.03. The van der Waals surface area contributed by atoms with Gasteiger partial charge in [0.2, 0.25) is 5.78 Å². The average molecular weight is 403 g/mol. The minimum absolute atomic E-state index is 0.0660. The predicted molar refractivity (Wildman–Crippen MR) is 119 cm³/mol. The van der Waals surface area contributed by atoms with Gasteiger partial charge >= 0.3 is 0 Å². The molecule has 3 heteroatoms. The molecule has 0 amide bonds. The molecule has 5 rings (SSSR count). The van der Waals surface area contributed by atoms with Crippen molar-refractivity contribution in [1.82, 2.24) is 0 Å². The van der Waals surface area contributed by atoms with Crippen LogP contribution in [-0.4, -0.2) is 17.0 Å². The second kappa shape index (κ2) is 6.23. The molecule has 2 aromatic carbocycles. The first-order valence-electron chi connectivity index (χ1n) is 11.0. The van der Waals surface area contributed by atoms with E-state index in [2.05, 4.69) is 58.9 Å². The molecule has 3 aliphatic rings. The van der Waals surface area contributed by atoms with Gasteiger partial charge in [0.1, 0.15) is 17.1 Å². The molecular formula is C27H30O3. The summed E-state index contributed by atoms with van der Waals surface area (Å²) in [6, 6.07) is 8.72. The molecule has 0 bridgehead atoms. The number of hydrogen-bond donors (Lipinski definition) is 0. The molecule has 30 heavy (non-hydrogen) atoms. The van der Waals surface area contributed by atoms with Crippen molar-refractivity contribution >= 4 is 5.78 Å². The van der Waals surface area contributed by atoms with E-state index in [1.165, 1.54) is 22.3 Å². The highest BCUT2D eigenvalue weighted by Crippen LogP contribution is 2.53. The molecule has 0 saturated heterocycles. The fourth-order valence-corrected chi connectivity index (χ4v) is 6.13. The van der Waals surface area contributed by atoms with Gasteiger partial charge in [-0.2, -0.15) is 0 Å². The molecule has 2 heterocycles. The Morgan fingerprint density at radius 3 is 2.13 bits per heavy atom. The number of ether oxygens (including phenoxy) is 2. The van der Waals surface area contributed by atoms with Gasteiger partial charge < -0.3 is 9.47 Å². The summed E-state index contributed by atoms with van der Waals surface area (Å²) < 4.78 is 13.5. The normalized spacial score (nSPS) is 29.3. The van der Waals surface area contributed by atoms with Crippen molar-refractivity contribution in [1.29, 1.82) is 0 Å². The summed E-state index contributed by atoms with van der Waals surface area (Å²) >= 11 is 0. The number of aryl methyl sites for hydroxylation is 5. The summed E-state index contributed by atoms with van der Waals surface area (Å²) in [5, 5.41) is 0. The van der Waals surface area contributed by atoms with Crippen LogP contribution in [0, 0.1) is 33.6 Å². The summed E-state index contributed by atoms with van der Waals surface area (Å²) in [5.41, 5.74) is 6.42. The lowest BCUT2D eigenvalue weighted by molar-refractivity contribution is -0.151. The van der Waals surface area contributed by atoms with Crippen molar-refractivity contribution in [3.63, 3.8) is 0 Å². The van der Waals surface area contributed by atoms with E-state index in [4.69, 9.17) is 9.47 Å². The monoisotopic (exact) mass is 402 g/mol. The van der Waals surface area contributed by atoms with E-state index in [0.29, 0.717) is 6.42 Å². The van der Waals surface area contributed by atoms with Gasteiger partial charge in [-0.15, -0.1) is 0 Å². The van der Waals surface area contributed by atoms with Crippen LogP contribution in [0.5, 0.6) is 11.5 Å². The molecule has 3 nitrogen and oxygen atoms in total. The molecule has 3 atom stereocenters.